The normalized spacial score (nSPS) is 17.5. The van der Waals surface area contributed by atoms with Crippen molar-refractivity contribution >= 4 is 40.6 Å². The molecule has 2 aromatic heterocycles. The fourth-order valence-electron chi connectivity index (χ4n) is 2.27. The number of amides is 1. The van der Waals surface area contributed by atoms with E-state index in [1.165, 1.54) is 18.4 Å². The van der Waals surface area contributed by atoms with Gasteiger partial charge in [-0.15, -0.1) is 11.3 Å². The second kappa shape index (κ2) is 4.92. The van der Waals surface area contributed by atoms with Crippen molar-refractivity contribution in [2.75, 3.05) is 12.4 Å². The Bertz CT molecular complexity index is 694. The molecular weight excluding hydrogens is 302 g/mol. The van der Waals surface area contributed by atoms with Crippen LogP contribution in [0.4, 0.5) is 5.82 Å². The van der Waals surface area contributed by atoms with Crippen LogP contribution in [0.25, 0.3) is 0 Å². The fourth-order valence-corrected chi connectivity index (χ4v) is 3.44. The molecule has 8 heteroatoms. The molecule has 1 amide bonds. The number of carbonyl (C=O) groups excluding carboxylic acids is 2. The fraction of sp³-hybridized carbons (Fsp3) is 0.250. The molecule has 0 saturated carbocycles. The summed E-state index contributed by atoms with van der Waals surface area (Å²) in [6.07, 6.45) is 0.243. The molecule has 1 atom stereocenters. The minimum atomic E-state index is -0.512. The van der Waals surface area contributed by atoms with Crippen molar-refractivity contribution < 1.29 is 14.3 Å². The third-order valence-corrected chi connectivity index (χ3v) is 4.47. The summed E-state index contributed by atoms with van der Waals surface area (Å²) in [5.74, 6) is -0.530. The zero-order chi connectivity index (χ0) is 14.3. The second-order valence-corrected chi connectivity index (χ2v) is 6.05. The van der Waals surface area contributed by atoms with E-state index < -0.39 is 5.97 Å². The summed E-state index contributed by atoms with van der Waals surface area (Å²) >= 11 is 7.33. The first-order valence-corrected chi connectivity index (χ1v) is 7.01. The average Bonchev–Trinajstić information content (AvgIpc) is 3.03. The lowest BCUT2D eigenvalue weighted by Crippen LogP contribution is -2.24. The Hall–Kier alpha value is -1.86. The van der Waals surface area contributed by atoms with Gasteiger partial charge in [0.25, 0.3) is 0 Å². The van der Waals surface area contributed by atoms with Crippen molar-refractivity contribution in [2.45, 2.75) is 12.3 Å². The van der Waals surface area contributed by atoms with Crippen LogP contribution in [0.2, 0.25) is 4.34 Å². The van der Waals surface area contributed by atoms with Crippen molar-refractivity contribution in [2.24, 2.45) is 0 Å². The number of methoxy groups -OCH3 is 1. The van der Waals surface area contributed by atoms with Crippen molar-refractivity contribution in [3.05, 3.63) is 32.6 Å². The topological polar surface area (TPSA) is 84.1 Å². The van der Waals surface area contributed by atoms with E-state index in [9.17, 15) is 9.59 Å². The highest BCUT2D eigenvalue weighted by molar-refractivity contribution is 7.16. The van der Waals surface area contributed by atoms with Gasteiger partial charge in [0.15, 0.2) is 5.82 Å². The van der Waals surface area contributed by atoms with Crippen molar-refractivity contribution in [1.29, 1.82) is 0 Å². The van der Waals surface area contributed by atoms with E-state index in [4.69, 9.17) is 16.3 Å². The Labute approximate surface area is 123 Å². The monoisotopic (exact) mass is 311 g/mol. The highest BCUT2D eigenvalue weighted by Gasteiger charge is 2.34. The summed E-state index contributed by atoms with van der Waals surface area (Å²) < 4.78 is 5.37. The highest BCUT2D eigenvalue weighted by atomic mass is 35.5. The summed E-state index contributed by atoms with van der Waals surface area (Å²) in [4.78, 5) is 24.5. The predicted molar refractivity (Wildman–Crippen MR) is 74.3 cm³/mol. The van der Waals surface area contributed by atoms with E-state index in [0.29, 0.717) is 15.7 Å². The molecule has 6 nitrogen and oxygen atoms in total. The third-order valence-electron chi connectivity index (χ3n) is 3.13. The van der Waals surface area contributed by atoms with Crippen molar-refractivity contribution in [3.63, 3.8) is 0 Å². The molecule has 1 aliphatic heterocycles. The van der Waals surface area contributed by atoms with Crippen molar-refractivity contribution in [1.82, 2.24) is 10.2 Å². The van der Waals surface area contributed by atoms with E-state index in [-0.39, 0.29) is 23.9 Å². The number of H-pyrrole nitrogens is 1. The highest BCUT2D eigenvalue weighted by Crippen LogP contribution is 2.41. The van der Waals surface area contributed by atoms with E-state index in [1.807, 2.05) is 6.07 Å². The standard InChI is InChI=1S/C12H10ClN3O3S/c1-19-12(18)10-9-5(6-2-3-7(13)20-6)4-8(17)14-11(9)16-15-10/h2-3,5H,4H2,1H3,(H2,14,15,16,17). The van der Waals surface area contributed by atoms with Gasteiger partial charge in [-0.25, -0.2) is 4.79 Å². The van der Waals surface area contributed by atoms with Crippen molar-refractivity contribution in [3.8, 4) is 0 Å². The van der Waals surface area contributed by atoms with Gasteiger partial charge in [-0.1, -0.05) is 11.6 Å². The van der Waals surface area contributed by atoms with Gasteiger partial charge in [-0.05, 0) is 12.1 Å². The number of rotatable bonds is 2. The van der Waals surface area contributed by atoms with E-state index in [0.717, 1.165) is 4.88 Å². The Morgan fingerprint density at radius 2 is 2.35 bits per heavy atom. The molecule has 0 aliphatic carbocycles. The SMILES string of the molecule is COC(=O)c1[nH]nc2c1C(c1ccc(Cl)s1)CC(=O)N2. The number of aromatic amines is 1. The summed E-state index contributed by atoms with van der Waals surface area (Å²) in [6.45, 7) is 0. The number of esters is 1. The molecule has 0 fully saturated rings. The first kappa shape index (κ1) is 13.1. The minimum absolute atomic E-state index is 0.144. The number of aromatic nitrogens is 2. The van der Waals surface area contributed by atoms with Crippen LogP contribution in [0, 0.1) is 0 Å². The number of thiophene rings is 1. The Morgan fingerprint density at radius 1 is 1.55 bits per heavy atom. The van der Waals surface area contributed by atoms with E-state index in [1.54, 1.807) is 6.07 Å². The molecule has 0 radical (unpaired) electrons. The summed E-state index contributed by atoms with van der Waals surface area (Å²) in [7, 11) is 1.30. The second-order valence-electron chi connectivity index (χ2n) is 4.30. The molecular formula is C12H10ClN3O3S. The Kier molecular flexibility index (Phi) is 3.23. The maximum atomic E-state index is 11.8. The van der Waals surface area contributed by atoms with Crippen LogP contribution in [0.5, 0.6) is 0 Å². The number of halogens is 1. The van der Waals surface area contributed by atoms with Crippen LogP contribution in [0.15, 0.2) is 12.1 Å². The van der Waals surface area contributed by atoms with E-state index >= 15 is 0 Å². The van der Waals surface area contributed by atoms with Crippen LogP contribution in [0.3, 0.4) is 0 Å². The van der Waals surface area contributed by atoms with E-state index in [2.05, 4.69) is 15.5 Å². The molecule has 1 aliphatic rings. The van der Waals surface area contributed by atoms with Crippen LogP contribution in [-0.2, 0) is 9.53 Å². The van der Waals surface area contributed by atoms with Gasteiger partial charge in [0.1, 0.15) is 5.69 Å². The molecule has 2 N–H and O–H groups in total. The maximum absolute atomic E-state index is 11.8. The molecule has 2 aromatic rings. The molecule has 3 heterocycles. The average molecular weight is 312 g/mol. The van der Waals surface area contributed by atoms with Gasteiger partial charge in [0.05, 0.1) is 11.4 Å². The quantitative estimate of drug-likeness (QED) is 0.834. The Balaban J connectivity index is 2.12. The number of carbonyl (C=O) groups is 2. The van der Waals surface area contributed by atoms with Gasteiger partial charge in [0, 0.05) is 22.8 Å². The number of anilines is 1. The molecule has 1 unspecified atom stereocenters. The van der Waals surface area contributed by atoms with Crippen LogP contribution in [-0.4, -0.2) is 29.2 Å². The zero-order valence-corrected chi connectivity index (χ0v) is 12.0. The minimum Gasteiger partial charge on any atom is -0.464 e. The number of fused-ring (bicyclic) bond motifs is 1. The largest absolute Gasteiger partial charge is 0.464 e. The lowest BCUT2D eigenvalue weighted by Gasteiger charge is -2.21. The molecule has 20 heavy (non-hydrogen) atoms. The number of hydrogen-bond donors (Lipinski definition) is 2. The molecule has 104 valence electrons. The first-order chi connectivity index (χ1) is 9.60. The molecule has 0 aromatic carbocycles. The predicted octanol–water partition coefficient (Wildman–Crippen LogP) is 2.39. The number of hydrogen-bond acceptors (Lipinski definition) is 5. The van der Waals surface area contributed by atoms with Crippen LogP contribution >= 0.6 is 22.9 Å². The van der Waals surface area contributed by atoms with Gasteiger partial charge >= 0.3 is 5.97 Å². The lowest BCUT2D eigenvalue weighted by atomic mass is 9.90. The van der Waals surface area contributed by atoms with Gasteiger partial charge in [-0.2, -0.15) is 5.10 Å². The summed E-state index contributed by atoms with van der Waals surface area (Å²) in [6, 6.07) is 3.62. The maximum Gasteiger partial charge on any atom is 0.356 e. The molecule has 0 saturated heterocycles. The number of ether oxygens (including phenoxy) is 1. The van der Waals surface area contributed by atoms with Crippen LogP contribution in [0.1, 0.15) is 33.3 Å². The molecule has 0 bridgehead atoms. The zero-order valence-electron chi connectivity index (χ0n) is 10.4. The summed E-state index contributed by atoms with van der Waals surface area (Å²) in [5.41, 5.74) is 0.909. The van der Waals surface area contributed by atoms with Crippen LogP contribution < -0.4 is 5.32 Å². The van der Waals surface area contributed by atoms with Gasteiger partial charge in [-0.3, -0.25) is 9.89 Å². The smallest absolute Gasteiger partial charge is 0.356 e. The third kappa shape index (κ3) is 2.08. The van der Waals surface area contributed by atoms with Gasteiger partial charge in [0.2, 0.25) is 5.91 Å². The number of nitrogens with one attached hydrogen (secondary N) is 2. The first-order valence-electron chi connectivity index (χ1n) is 5.81. The Morgan fingerprint density at radius 3 is 3.00 bits per heavy atom. The summed E-state index contributed by atoms with van der Waals surface area (Å²) in [5, 5.41) is 9.25. The lowest BCUT2D eigenvalue weighted by molar-refractivity contribution is -0.116. The number of nitrogens with zero attached hydrogens (tertiary/aromatic N) is 1. The molecule has 3 rings (SSSR count). The molecule has 0 spiro atoms. The van der Waals surface area contributed by atoms with Gasteiger partial charge < -0.3 is 10.1 Å².